The molecule has 0 aliphatic rings. The lowest BCUT2D eigenvalue weighted by Crippen LogP contribution is -2.25. The average molecular weight is 452 g/mol. The van der Waals surface area contributed by atoms with Gasteiger partial charge in [0.2, 0.25) is 0 Å². The normalized spacial score (nSPS) is 11.0. The highest BCUT2D eigenvalue weighted by Gasteiger charge is 2.19. The standard InChI is InChI=1S/C21H20N6O6/c1-32-16-7-12(3-5-14(16)28)9-24-26-20(30)18-19(23-11-22-18)21(31)27-25-10-13-4-6-15(29)17(8-13)33-2/h3-11,28-29H,1-2H3,(H,22,23)(H,26,30)(H,27,31)/b24-9-,25-10-. The third kappa shape index (κ3) is 5.64. The van der Waals surface area contributed by atoms with Gasteiger partial charge in [0.1, 0.15) is 5.69 Å². The number of ether oxygens (including phenoxy) is 2. The molecule has 0 fully saturated rings. The molecule has 12 heteroatoms. The van der Waals surface area contributed by atoms with Crippen molar-refractivity contribution in [3.8, 4) is 23.0 Å². The minimum atomic E-state index is -0.726. The molecule has 0 atom stereocenters. The Morgan fingerprint density at radius 1 is 0.909 bits per heavy atom. The summed E-state index contributed by atoms with van der Waals surface area (Å²) in [4.78, 5) is 31.2. The number of phenolic OH excluding ortho intramolecular Hbond substituents is 2. The van der Waals surface area contributed by atoms with E-state index in [1.807, 2.05) is 0 Å². The van der Waals surface area contributed by atoms with E-state index in [9.17, 15) is 19.8 Å². The maximum atomic E-state index is 12.4. The quantitative estimate of drug-likeness (QED) is 0.254. The highest BCUT2D eigenvalue weighted by Crippen LogP contribution is 2.26. The zero-order valence-corrected chi connectivity index (χ0v) is 17.6. The maximum Gasteiger partial charge on any atom is 0.292 e. The molecule has 0 unspecified atom stereocenters. The molecule has 0 spiro atoms. The number of aromatic hydroxyl groups is 2. The number of hydrazone groups is 2. The Bertz CT molecular complexity index is 1130. The lowest BCUT2D eigenvalue weighted by atomic mass is 10.2. The number of benzene rings is 2. The van der Waals surface area contributed by atoms with Gasteiger partial charge in [0, 0.05) is 0 Å². The van der Waals surface area contributed by atoms with Gasteiger partial charge in [-0.1, -0.05) is 0 Å². The maximum absolute atomic E-state index is 12.4. The molecule has 5 N–H and O–H groups in total. The van der Waals surface area contributed by atoms with Crippen LogP contribution in [0.15, 0.2) is 52.9 Å². The first kappa shape index (κ1) is 22.8. The Morgan fingerprint density at radius 2 is 1.42 bits per heavy atom. The molecule has 2 aromatic carbocycles. The van der Waals surface area contributed by atoms with Crippen LogP contribution in [0.5, 0.6) is 23.0 Å². The van der Waals surface area contributed by atoms with Crippen LogP contribution in [0.4, 0.5) is 0 Å². The molecule has 0 aliphatic heterocycles. The van der Waals surface area contributed by atoms with Gasteiger partial charge in [-0.05, 0) is 47.5 Å². The Hall–Kier alpha value is -4.87. The van der Waals surface area contributed by atoms with E-state index in [-0.39, 0.29) is 34.4 Å². The van der Waals surface area contributed by atoms with Crippen LogP contribution in [0.2, 0.25) is 0 Å². The summed E-state index contributed by atoms with van der Waals surface area (Å²) in [7, 11) is 2.82. The number of carbonyl (C=O) groups is 2. The number of phenols is 2. The zero-order valence-electron chi connectivity index (χ0n) is 17.6. The van der Waals surface area contributed by atoms with Gasteiger partial charge in [-0.2, -0.15) is 10.2 Å². The van der Waals surface area contributed by atoms with Gasteiger partial charge in [-0.25, -0.2) is 15.8 Å². The average Bonchev–Trinajstić information content (AvgIpc) is 3.31. The fourth-order valence-corrected chi connectivity index (χ4v) is 2.63. The summed E-state index contributed by atoms with van der Waals surface area (Å²) in [6.45, 7) is 0. The minimum absolute atomic E-state index is 0.0287. The van der Waals surface area contributed by atoms with Crippen LogP contribution in [-0.4, -0.2) is 58.6 Å². The van der Waals surface area contributed by atoms with Gasteiger partial charge in [0.05, 0.1) is 33.0 Å². The first-order valence-electron chi connectivity index (χ1n) is 9.37. The number of aromatic nitrogens is 2. The molecule has 1 aromatic heterocycles. The first-order valence-corrected chi connectivity index (χ1v) is 9.37. The number of methoxy groups -OCH3 is 2. The summed E-state index contributed by atoms with van der Waals surface area (Å²) in [5.74, 6) is -0.980. The third-order valence-electron chi connectivity index (χ3n) is 4.25. The van der Waals surface area contributed by atoms with Gasteiger partial charge >= 0.3 is 0 Å². The molecule has 170 valence electrons. The Labute approximate surface area is 187 Å². The number of carbonyl (C=O) groups excluding carboxylic acids is 2. The predicted octanol–water partition coefficient (Wildman–Crippen LogP) is 1.37. The SMILES string of the molecule is COc1cc(/C=N\NC(=O)c2nc[nH]c2C(=O)N/N=C\c2ccc(O)c(OC)c2)ccc1O. The van der Waals surface area contributed by atoms with Gasteiger partial charge < -0.3 is 24.7 Å². The summed E-state index contributed by atoms with van der Waals surface area (Å²) in [6, 6.07) is 9.05. The van der Waals surface area contributed by atoms with E-state index in [0.29, 0.717) is 11.1 Å². The summed E-state index contributed by atoms with van der Waals surface area (Å²) in [6.07, 6.45) is 3.86. The highest BCUT2D eigenvalue weighted by molar-refractivity contribution is 6.05. The van der Waals surface area contributed by atoms with Crippen molar-refractivity contribution in [2.24, 2.45) is 10.2 Å². The third-order valence-corrected chi connectivity index (χ3v) is 4.25. The van der Waals surface area contributed by atoms with Gasteiger partial charge in [-0.15, -0.1) is 0 Å². The highest BCUT2D eigenvalue weighted by atomic mass is 16.5. The number of aromatic amines is 1. The summed E-state index contributed by atoms with van der Waals surface area (Å²) in [5, 5.41) is 26.9. The number of rotatable bonds is 8. The summed E-state index contributed by atoms with van der Waals surface area (Å²) in [5.41, 5.74) is 5.37. The molecule has 12 nitrogen and oxygen atoms in total. The van der Waals surface area contributed by atoms with E-state index in [4.69, 9.17) is 9.47 Å². The molecule has 1 heterocycles. The Kier molecular flexibility index (Phi) is 7.21. The van der Waals surface area contributed by atoms with Crippen molar-refractivity contribution in [2.45, 2.75) is 0 Å². The molecule has 2 amide bonds. The number of nitrogens with zero attached hydrogens (tertiary/aromatic N) is 3. The fraction of sp³-hybridized carbons (Fsp3) is 0.0952. The second-order valence-electron chi connectivity index (χ2n) is 6.39. The molecule has 33 heavy (non-hydrogen) atoms. The van der Waals surface area contributed by atoms with Gasteiger partial charge in [0.15, 0.2) is 28.7 Å². The van der Waals surface area contributed by atoms with Crippen LogP contribution >= 0.6 is 0 Å². The van der Waals surface area contributed by atoms with Crippen molar-refractivity contribution in [1.29, 1.82) is 0 Å². The molecule has 0 aliphatic carbocycles. The molecule has 0 saturated carbocycles. The van der Waals surface area contributed by atoms with Crippen LogP contribution in [-0.2, 0) is 0 Å². The van der Waals surface area contributed by atoms with Crippen LogP contribution in [0.1, 0.15) is 32.1 Å². The van der Waals surface area contributed by atoms with Crippen molar-refractivity contribution >= 4 is 24.2 Å². The number of H-pyrrole nitrogens is 1. The number of hydrogen-bond acceptors (Lipinski definition) is 9. The second-order valence-corrected chi connectivity index (χ2v) is 6.39. The van der Waals surface area contributed by atoms with Gasteiger partial charge in [0.25, 0.3) is 11.8 Å². The second kappa shape index (κ2) is 10.4. The van der Waals surface area contributed by atoms with E-state index < -0.39 is 11.8 Å². The van der Waals surface area contributed by atoms with Gasteiger partial charge in [-0.3, -0.25) is 9.59 Å². The number of nitrogens with one attached hydrogen (secondary N) is 3. The molecule has 0 radical (unpaired) electrons. The van der Waals surface area contributed by atoms with Crippen LogP contribution in [0.3, 0.4) is 0 Å². The van der Waals surface area contributed by atoms with Crippen molar-refractivity contribution in [1.82, 2.24) is 20.8 Å². The lowest BCUT2D eigenvalue weighted by molar-refractivity contribution is 0.0915. The topological polar surface area (TPSA) is 171 Å². The van der Waals surface area contributed by atoms with E-state index in [0.717, 1.165) is 0 Å². The number of hydrogen-bond donors (Lipinski definition) is 5. The molecular weight excluding hydrogens is 432 g/mol. The largest absolute Gasteiger partial charge is 0.504 e. The first-order chi connectivity index (χ1) is 15.9. The van der Waals surface area contributed by atoms with Crippen molar-refractivity contribution in [2.75, 3.05) is 14.2 Å². The fourth-order valence-electron chi connectivity index (χ4n) is 2.63. The lowest BCUT2D eigenvalue weighted by Gasteiger charge is -2.04. The summed E-state index contributed by atoms with van der Waals surface area (Å²) < 4.78 is 10.0. The Morgan fingerprint density at radius 3 is 1.94 bits per heavy atom. The molecule has 0 bridgehead atoms. The smallest absolute Gasteiger partial charge is 0.292 e. The molecule has 0 saturated heterocycles. The van der Waals surface area contributed by atoms with E-state index in [1.54, 1.807) is 12.1 Å². The minimum Gasteiger partial charge on any atom is -0.504 e. The van der Waals surface area contributed by atoms with Crippen LogP contribution in [0.25, 0.3) is 0 Å². The molecule has 3 aromatic rings. The van der Waals surface area contributed by atoms with Crippen LogP contribution < -0.4 is 20.3 Å². The van der Waals surface area contributed by atoms with E-state index in [2.05, 4.69) is 31.0 Å². The van der Waals surface area contributed by atoms with E-state index in [1.165, 1.54) is 57.2 Å². The zero-order chi connectivity index (χ0) is 23.8. The van der Waals surface area contributed by atoms with E-state index >= 15 is 0 Å². The van der Waals surface area contributed by atoms with Crippen molar-refractivity contribution < 1.29 is 29.3 Å². The molecule has 3 rings (SSSR count). The number of imidazole rings is 1. The Balaban J connectivity index is 1.62. The van der Waals surface area contributed by atoms with Crippen molar-refractivity contribution in [3.05, 3.63) is 65.2 Å². The molecular formula is C21H20N6O6. The van der Waals surface area contributed by atoms with Crippen molar-refractivity contribution in [3.63, 3.8) is 0 Å². The van der Waals surface area contributed by atoms with Crippen LogP contribution in [0, 0.1) is 0 Å². The summed E-state index contributed by atoms with van der Waals surface area (Å²) >= 11 is 0. The monoisotopic (exact) mass is 452 g/mol. The predicted molar refractivity (Wildman–Crippen MR) is 118 cm³/mol. The number of amides is 2.